The van der Waals surface area contributed by atoms with Crippen molar-refractivity contribution in [1.82, 2.24) is 0 Å². The van der Waals surface area contributed by atoms with Gasteiger partial charge in [-0.1, -0.05) is 11.6 Å². The van der Waals surface area contributed by atoms with Gasteiger partial charge >= 0.3 is 0 Å². The number of benzene rings is 1. The second-order valence-electron chi connectivity index (χ2n) is 2.87. The molecule has 4 heteroatoms. The zero-order valence-electron chi connectivity index (χ0n) is 7.13. The molecule has 1 aliphatic rings. The Balaban J connectivity index is 2.61. The third-order valence-electron chi connectivity index (χ3n) is 2.13. The van der Waals surface area contributed by atoms with Crippen molar-refractivity contribution in [2.24, 2.45) is 0 Å². The molecule has 1 heterocycles. The van der Waals surface area contributed by atoms with Crippen molar-refractivity contribution in [2.75, 3.05) is 6.79 Å². The molecule has 0 fully saturated rings. The average molecular weight is 201 g/mol. The molecular formula is C9H9ClO3. The topological polar surface area (TPSA) is 38.7 Å². The van der Waals surface area contributed by atoms with Gasteiger partial charge in [-0.3, -0.25) is 0 Å². The molecule has 0 atom stereocenters. The molecule has 0 radical (unpaired) electrons. The highest BCUT2D eigenvalue weighted by molar-refractivity contribution is 6.33. The number of aliphatic hydroxyl groups excluding tert-OH is 1. The highest BCUT2D eigenvalue weighted by Gasteiger charge is 2.20. The lowest BCUT2D eigenvalue weighted by molar-refractivity contribution is 0.174. The van der Waals surface area contributed by atoms with E-state index in [2.05, 4.69) is 0 Å². The molecule has 0 unspecified atom stereocenters. The maximum atomic E-state index is 9.02. The number of halogens is 1. The number of ether oxygens (including phenoxy) is 2. The molecule has 0 amide bonds. The third-order valence-corrected chi connectivity index (χ3v) is 2.58. The maximum Gasteiger partial charge on any atom is 0.231 e. The monoisotopic (exact) mass is 200 g/mol. The second kappa shape index (κ2) is 3.09. The summed E-state index contributed by atoms with van der Waals surface area (Å²) in [5, 5.41) is 9.55. The summed E-state index contributed by atoms with van der Waals surface area (Å²) in [5.74, 6) is 1.19. The van der Waals surface area contributed by atoms with Crippen LogP contribution in [0, 0.1) is 6.92 Å². The molecule has 2 rings (SSSR count). The second-order valence-corrected chi connectivity index (χ2v) is 3.24. The van der Waals surface area contributed by atoms with E-state index in [4.69, 9.17) is 26.2 Å². The van der Waals surface area contributed by atoms with Gasteiger partial charge in [0.2, 0.25) is 6.79 Å². The molecule has 0 saturated carbocycles. The Hall–Kier alpha value is -0.930. The highest BCUT2D eigenvalue weighted by Crippen LogP contribution is 2.42. The molecule has 1 aromatic carbocycles. The van der Waals surface area contributed by atoms with Crippen LogP contribution in [-0.2, 0) is 6.61 Å². The van der Waals surface area contributed by atoms with Gasteiger partial charge < -0.3 is 14.6 Å². The largest absolute Gasteiger partial charge is 0.454 e. The van der Waals surface area contributed by atoms with Gasteiger partial charge in [0, 0.05) is 0 Å². The summed E-state index contributed by atoms with van der Waals surface area (Å²) in [4.78, 5) is 0. The fraction of sp³-hybridized carbons (Fsp3) is 0.333. The molecule has 0 bridgehead atoms. The van der Waals surface area contributed by atoms with Gasteiger partial charge in [-0.25, -0.2) is 0 Å². The van der Waals surface area contributed by atoms with Crippen molar-refractivity contribution in [3.05, 3.63) is 22.2 Å². The van der Waals surface area contributed by atoms with Crippen LogP contribution in [0.1, 0.15) is 11.1 Å². The van der Waals surface area contributed by atoms with Gasteiger partial charge in [-0.05, 0) is 24.1 Å². The van der Waals surface area contributed by atoms with Crippen LogP contribution in [0.4, 0.5) is 0 Å². The minimum absolute atomic E-state index is 0.0395. The average Bonchev–Trinajstić information content (AvgIpc) is 2.59. The smallest absolute Gasteiger partial charge is 0.231 e. The number of hydrogen-bond donors (Lipinski definition) is 1. The van der Waals surface area contributed by atoms with E-state index in [9.17, 15) is 0 Å². The summed E-state index contributed by atoms with van der Waals surface area (Å²) >= 11 is 6.01. The summed E-state index contributed by atoms with van der Waals surface area (Å²) < 4.78 is 10.3. The summed E-state index contributed by atoms with van der Waals surface area (Å²) in [6, 6.07) is 1.75. The van der Waals surface area contributed by atoms with Crippen LogP contribution >= 0.6 is 11.6 Å². The third kappa shape index (κ3) is 1.24. The number of fused-ring (bicyclic) bond motifs is 1. The van der Waals surface area contributed by atoms with E-state index in [1.807, 2.05) is 6.92 Å². The van der Waals surface area contributed by atoms with E-state index in [0.717, 1.165) is 11.1 Å². The lowest BCUT2D eigenvalue weighted by Gasteiger charge is -2.07. The van der Waals surface area contributed by atoms with Crippen molar-refractivity contribution < 1.29 is 14.6 Å². The van der Waals surface area contributed by atoms with E-state index in [0.29, 0.717) is 16.5 Å². The fourth-order valence-electron chi connectivity index (χ4n) is 1.31. The van der Waals surface area contributed by atoms with E-state index in [1.165, 1.54) is 0 Å². The summed E-state index contributed by atoms with van der Waals surface area (Å²) in [6.45, 7) is 2.00. The van der Waals surface area contributed by atoms with Gasteiger partial charge in [0.1, 0.15) is 0 Å². The molecule has 0 aromatic heterocycles. The van der Waals surface area contributed by atoms with Crippen LogP contribution in [0.2, 0.25) is 5.02 Å². The molecule has 13 heavy (non-hydrogen) atoms. The number of aliphatic hydroxyl groups is 1. The molecule has 1 N–H and O–H groups in total. The highest BCUT2D eigenvalue weighted by atomic mass is 35.5. The zero-order valence-corrected chi connectivity index (χ0v) is 7.89. The fourth-order valence-corrected chi connectivity index (χ4v) is 1.58. The van der Waals surface area contributed by atoms with Crippen LogP contribution in [0.15, 0.2) is 6.07 Å². The molecule has 3 nitrogen and oxygen atoms in total. The first-order valence-corrected chi connectivity index (χ1v) is 4.30. The van der Waals surface area contributed by atoms with E-state index >= 15 is 0 Å². The number of hydrogen-bond acceptors (Lipinski definition) is 3. The van der Waals surface area contributed by atoms with Gasteiger partial charge in [0.25, 0.3) is 0 Å². The molecule has 0 spiro atoms. The van der Waals surface area contributed by atoms with Crippen molar-refractivity contribution in [3.63, 3.8) is 0 Å². The molecule has 1 aromatic rings. The Bertz CT molecular complexity index is 348. The summed E-state index contributed by atoms with van der Waals surface area (Å²) in [5.41, 5.74) is 1.61. The van der Waals surface area contributed by atoms with Crippen molar-refractivity contribution in [1.29, 1.82) is 0 Å². The summed E-state index contributed by atoms with van der Waals surface area (Å²) in [7, 11) is 0. The molecule has 1 aliphatic heterocycles. The first-order valence-electron chi connectivity index (χ1n) is 3.92. The lowest BCUT2D eigenvalue weighted by atomic mass is 10.1. The Labute approximate surface area is 80.8 Å². The first-order chi connectivity index (χ1) is 6.24. The number of rotatable bonds is 1. The quantitative estimate of drug-likeness (QED) is 0.752. The Morgan fingerprint density at radius 2 is 2.31 bits per heavy atom. The zero-order chi connectivity index (χ0) is 9.42. The normalized spacial score (nSPS) is 13.5. The molecule has 0 saturated heterocycles. The lowest BCUT2D eigenvalue weighted by Crippen LogP contribution is -1.93. The van der Waals surface area contributed by atoms with Gasteiger partial charge in [0.05, 0.1) is 11.6 Å². The predicted molar refractivity (Wildman–Crippen MR) is 48.2 cm³/mol. The van der Waals surface area contributed by atoms with Crippen LogP contribution in [0.3, 0.4) is 0 Å². The van der Waals surface area contributed by atoms with Crippen molar-refractivity contribution >= 4 is 11.6 Å². The first kappa shape index (κ1) is 8.66. The minimum atomic E-state index is -0.0395. The van der Waals surface area contributed by atoms with Gasteiger partial charge in [-0.15, -0.1) is 0 Å². The maximum absolute atomic E-state index is 9.02. The SMILES string of the molecule is Cc1c(CO)cc2c(c1Cl)OCO2. The minimum Gasteiger partial charge on any atom is -0.454 e. The van der Waals surface area contributed by atoms with Crippen molar-refractivity contribution in [2.45, 2.75) is 13.5 Å². The molecule has 0 aliphatic carbocycles. The molecular weight excluding hydrogens is 192 g/mol. The predicted octanol–water partition coefficient (Wildman–Crippen LogP) is 1.87. The van der Waals surface area contributed by atoms with Crippen LogP contribution < -0.4 is 9.47 Å². The summed E-state index contributed by atoms with van der Waals surface area (Å²) in [6.07, 6.45) is 0. The van der Waals surface area contributed by atoms with E-state index in [1.54, 1.807) is 6.07 Å². The van der Waals surface area contributed by atoms with E-state index in [-0.39, 0.29) is 13.4 Å². The Kier molecular flexibility index (Phi) is 2.06. The van der Waals surface area contributed by atoms with Crippen LogP contribution in [0.25, 0.3) is 0 Å². The Morgan fingerprint density at radius 3 is 3.00 bits per heavy atom. The van der Waals surface area contributed by atoms with Crippen LogP contribution in [0.5, 0.6) is 11.5 Å². The van der Waals surface area contributed by atoms with Gasteiger partial charge in [-0.2, -0.15) is 0 Å². The van der Waals surface area contributed by atoms with Crippen LogP contribution in [-0.4, -0.2) is 11.9 Å². The van der Waals surface area contributed by atoms with Gasteiger partial charge in [0.15, 0.2) is 11.5 Å². The standard InChI is InChI=1S/C9H9ClO3/c1-5-6(3-11)2-7-9(8(5)10)13-4-12-7/h2,11H,3-4H2,1H3. The van der Waals surface area contributed by atoms with E-state index < -0.39 is 0 Å². The Morgan fingerprint density at radius 1 is 1.54 bits per heavy atom. The molecule has 70 valence electrons. The van der Waals surface area contributed by atoms with Crippen molar-refractivity contribution in [3.8, 4) is 11.5 Å².